The van der Waals surface area contributed by atoms with Crippen LogP contribution < -0.4 is 16.0 Å². The van der Waals surface area contributed by atoms with Crippen LogP contribution >= 0.6 is 0 Å². The van der Waals surface area contributed by atoms with Gasteiger partial charge in [-0.3, -0.25) is 9.59 Å². The maximum absolute atomic E-state index is 13.7. The van der Waals surface area contributed by atoms with Gasteiger partial charge < -0.3 is 25.4 Å². The Morgan fingerprint density at radius 1 is 0.976 bits per heavy atom. The van der Waals surface area contributed by atoms with Crippen molar-refractivity contribution in [3.05, 3.63) is 84.8 Å². The van der Waals surface area contributed by atoms with Crippen LogP contribution in [0.25, 0.3) is 29.9 Å². The van der Waals surface area contributed by atoms with E-state index in [0.717, 1.165) is 79.1 Å². The summed E-state index contributed by atoms with van der Waals surface area (Å²) < 4.78 is 0. The van der Waals surface area contributed by atoms with E-state index in [-0.39, 0.29) is 30.0 Å². The summed E-state index contributed by atoms with van der Waals surface area (Å²) in [6.45, 7) is 16.6. The first kappa shape index (κ1) is 26.9. The monoisotopic (exact) mass is 550 g/mol. The van der Waals surface area contributed by atoms with Crippen molar-refractivity contribution in [3.63, 3.8) is 0 Å². The lowest BCUT2D eigenvalue weighted by Crippen LogP contribution is -2.16. The van der Waals surface area contributed by atoms with Gasteiger partial charge in [-0.1, -0.05) is 33.4 Å². The molecule has 5 heterocycles. The van der Waals surface area contributed by atoms with Gasteiger partial charge in [-0.15, -0.1) is 0 Å². The number of carbonyl (C=O) groups is 2. The molecule has 0 aromatic carbocycles. The third kappa shape index (κ3) is 4.01. The number of carboxylic acids is 1. The number of H-pyrrole nitrogens is 3. The van der Waals surface area contributed by atoms with Crippen molar-refractivity contribution in [3.8, 4) is 0 Å². The molecule has 1 fully saturated rings. The van der Waals surface area contributed by atoms with Gasteiger partial charge in [0.1, 0.15) is 0 Å². The Balaban J connectivity index is 1.71. The molecule has 212 valence electrons. The number of carboxylic acid groups (broad SMARTS) is 1. The van der Waals surface area contributed by atoms with E-state index in [0.29, 0.717) is 6.42 Å². The van der Waals surface area contributed by atoms with E-state index in [1.165, 1.54) is 11.1 Å². The quantitative estimate of drug-likeness (QED) is 0.305. The Labute approximate surface area is 239 Å². The minimum Gasteiger partial charge on any atom is -0.481 e. The predicted octanol–water partition coefficient (Wildman–Crippen LogP) is 5.08. The number of aromatic amines is 3. The Kier molecular flexibility index (Phi) is 6.36. The second-order valence-corrected chi connectivity index (χ2v) is 11.8. The molecule has 1 saturated heterocycles. The summed E-state index contributed by atoms with van der Waals surface area (Å²) in [5.74, 6) is -1.04. The summed E-state index contributed by atoms with van der Waals surface area (Å²) in [6, 6.07) is 0. The van der Waals surface area contributed by atoms with Crippen LogP contribution in [0.15, 0.2) is 18.0 Å². The molecule has 0 radical (unpaired) electrons. The number of rotatable bonds is 5. The molecule has 3 aromatic rings. The smallest absolute Gasteiger partial charge is 0.303 e. The second kappa shape index (κ2) is 9.68. The van der Waals surface area contributed by atoms with Gasteiger partial charge in [0.05, 0.1) is 5.69 Å². The molecule has 7 nitrogen and oxygen atoms in total. The number of aromatic nitrogens is 3. The second-order valence-electron chi connectivity index (χ2n) is 11.8. The molecule has 1 aliphatic carbocycles. The molecule has 3 aliphatic rings. The fraction of sp³-hybridized carbons (Fsp3) is 0.353. The fourth-order valence-electron chi connectivity index (χ4n) is 7.16. The first-order valence-corrected chi connectivity index (χ1v) is 14.5. The number of carbonyl (C=O) groups excluding carboxylic acids is 1. The summed E-state index contributed by atoms with van der Waals surface area (Å²) >= 11 is 0. The van der Waals surface area contributed by atoms with Crippen LogP contribution in [-0.2, 0) is 11.2 Å². The van der Waals surface area contributed by atoms with Crippen LogP contribution in [0.1, 0.15) is 94.6 Å². The van der Waals surface area contributed by atoms with Gasteiger partial charge in [-0.05, 0) is 74.1 Å². The molecular weight excluding hydrogens is 512 g/mol. The molecule has 2 aliphatic heterocycles. The van der Waals surface area contributed by atoms with Gasteiger partial charge in [0, 0.05) is 80.0 Å². The maximum atomic E-state index is 13.7. The number of hydrogen-bond donors (Lipinski definition) is 5. The fourth-order valence-corrected chi connectivity index (χ4v) is 7.16. The van der Waals surface area contributed by atoms with Crippen molar-refractivity contribution in [2.45, 2.75) is 60.8 Å². The third-order valence-corrected chi connectivity index (χ3v) is 9.59. The minimum absolute atomic E-state index is 0.0446. The van der Waals surface area contributed by atoms with E-state index in [9.17, 15) is 14.7 Å². The number of fused-ring (bicyclic) bond motifs is 7. The highest BCUT2D eigenvalue weighted by molar-refractivity contribution is 6.15. The van der Waals surface area contributed by atoms with Crippen molar-refractivity contribution in [2.75, 3.05) is 0 Å². The summed E-state index contributed by atoms with van der Waals surface area (Å²) in [6.07, 6.45) is 9.74. The molecule has 0 spiro atoms. The zero-order chi connectivity index (χ0) is 29.3. The van der Waals surface area contributed by atoms with Gasteiger partial charge in [-0.25, -0.2) is 0 Å². The molecule has 3 atom stereocenters. The number of ketones is 1. The SMILES string of the molecule is C=Cc1c2[nH]c(c1C)/C=C1\N/C(=C3\c4[nH]c(c(C)c4C(=O)[C@@H]3C)/C=c3\[nH]/c(c(C)c3CC)=C\2)[C@@H](CCC(=O)O)[C@@H]1C. The molecule has 8 bridgehead atoms. The van der Waals surface area contributed by atoms with Crippen molar-refractivity contribution >= 4 is 41.6 Å². The van der Waals surface area contributed by atoms with Crippen molar-refractivity contribution in [1.82, 2.24) is 20.3 Å². The first-order chi connectivity index (χ1) is 19.5. The van der Waals surface area contributed by atoms with Crippen molar-refractivity contribution in [2.24, 2.45) is 17.8 Å². The molecule has 0 saturated carbocycles. The van der Waals surface area contributed by atoms with E-state index < -0.39 is 5.97 Å². The summed E-state index contributed by atoms with van der Waals surface area (Å²) in [5.41, 5.74) is 12.9. The standard InChI is InChI=1S/C34H38N4O3/c1-8-20-15(3)23-12-25-17(5)22(10-11-29(39)40)32(37-25)30-19(7)34(41)31-18(6)26(38-33(30)31)14-28-21(9-2)16(4)24(36-28)13-27(20)35-23/h8,12-14,17,19,22,35-38H,1,9-11H2,2-7H3,(H,39,40)/b24-13-,25-12-,28-14-,32-30-/t17-,19+,22-/m0/s1. The molecule has 0 unspecified atom stereocenters. The zero-order valence-corrected chi connectivity index (χ0v) is 24.6. The van der Waals surface area contributed by atoms with E-state index in [1.54, 1.807) is 0 Å². The number of Topliss-reactive ketones (excluding diaryl/α,β-unsaturated/α-hetero) is 1. The van der Waals surface area contributed by atoms with Gasteiger partial charge in [0.2, 0.25) is 0 Å². The molecule has 3 aromatic heterocycles. The number of aliphatic carboxylic acids is 1. The van der Waals surface area contributed by atoms with Gasteiger partial charge >= 0.3 is 5.97 Å². The average molecular weight is 551 g/mol. The van der Waals surface area contributed by atoms with Gasteiger partial charge in [0.15, 0.2) is 5.78 Å². The summed E-state index contributed by atoms with van der Waals surface area (Å²) in [4.78, 5) is 36.3. The molecule has 5 N–H and O–H groups in total. The average Bonchev–Trinajstić information content (AvgIpc) is 3.65. The largest absolute Gasteiger partial charge is 0.481 e. The highest BCUT2D eigenvalue weighted by Crippen LogP contribution is 2.47. The highest BCUT2D eigenvalue weighted by atomic mass is 16.4. The lowest BCUT2D eigenvalue weighted by Gasteiger charge is -2.18. The minimum atomic E-state index is -0.815. The van der Waals surface area contributed by atoms with Crippen molar-refractivity contribution < 1.29 is 14.7 Å². The highest BCUT2D eigenvalue weighted by Gasteiger charge is 2.43. The number of hydrogen-bond acceptors (Lipinski definition) is 3. The molecule has 6 rings (SSSR count). The van der Waals surface area contributed by atoms with Crippen molar-refractivity contribution in [1.29, 1.82) is 0 Å². The van der Waals surface area contributed by atoms with Crippen LogP contribution in [0.3, 0.4) is 0 Å². The lowest BCUT2D eigenvalue weighted by molar-refractivity contribution is -0.137. The topological polar surface area (TPSA) is 114 Å². The van der Waals surface area contributed by atoms with Crippen LogP contribution in [-0.4, -0.2) is 31.8 Å². The summed E-state index contributed by atoms with van der Waals surface area (Å²) in [5, 5.41) is 15.3. The van der Waals surface area contributed by atoms with Gasteiger partial charge in [0.25, 0.3) is 0 Å². The van der Waals surface area contributed by atoms with E-state index in [2.05, 4.69) is 72.8 Å². The molecule has 7 heteroatoms. The summed E-state index contributed by atoms with van der Waals surface area (Å²) in [7, 11) is 0. The van der Waals surface area contributed by atoms with Crippen LogP contribution in [0.5, 0.6) is 0 Å². The number of nitrogens with one attached hydrogen (secondary N) is 4. The molecule has 0 amide bonds. The molecular formula is C34H38N4O3. The first-order valence-electron chi connectivity index (χ1n) is 14.5. The predicted molar refractivity (Wildman–Crippen MR) is 163 cm³/mol. The normalized spacial score (nSPS) is 25.7. The maximum Gasteiger partial charge on any atom is 0.303 e. The zero-order valence-electron chi connectivity index (χ0n) is 24.6. The Hall–Kier alpha value is -4.26. The Morgan fingerprint density at radius 2 is 1.68 bits per heavy atom. The Morgan fingerprint density at radius 3 is 2.37 bits per heavy atom. The lowest BCUT2D eigenvalue weighted by atomic mass is 9.85. The number of allylic oxidation sites excluding steroid dienone is 3. The third-order valence-electron chi connectivity index (χ3n) is 9.59. The van der Waals surface area contributed by atoms with E-state index in [1.807, 2.05) is 19.9 Å². The Bertz CT molecular complexity index is 1840. The molecule has 41 heavy (non-hydrogen) atoms. The van der Waals surface area contributed by atoms with Gasteiger partial charge in [-0.2, -0.15) is 0 Å². The van der Waals surface area contributed by atoms with Crippen LogP contribution in [0.2, 0.25) is 0 Å². The van der Waals surface area contributed by atoms with Crippen LogP contribution in [0.4, 0.5) is 0 Å². The van der Waals surface area contributed by atoms with Crippen LogP contribution in [0, 0.1) is 38.5 Å². The van der Waals surface area contributed by atoms with E-state index >= 15 is 0 Å². The van der Waals surface area contributed by atoms with E-state index in [4.69, 9.17) is 0 Å².